The van der Waals surface area contributed by atoms with Gasteiger partial charge in [0.25, 0.3) is 0 Å². The monoisotopic (exact) mass is 289 g/mol. The summed E-state index contributed by atoms with van der Waals surface area (Å²) in [4.78, 5) is 27.5. The van der Waals surface area contributed by atoms with E-state index in [0.717, 1.165) is 45.4 Å². The maximum atomic E-state index is 12.4. The molecule has 0 aromatic rings. The quantitative estimate of drug-likeness (QED) is 0.764. The lowest BCUT2D eigenvalue weighted by atomic mass is 9.98. The molecule has 2 aliphatic rings. The molecule has 0 bridgehead atoms. The molecule has 0 saturated carbocycles. The summed E-state index contributed by atoms with van der Waals surface area (Å²) in [5.74, 6) is 0.527. The maximum absolute atomic E-state index is 12.4. The molecule has 0 aliphatic carbocycles. The molecule has 2 heterocycles. The van der Waals surface area contributed by atoms with Gasteiger partial charge >= 0.3 is 0 Å². The van der Waals surface area contributed by atoms with E-state index in [0.29, 0.717) is 13.1 Å². The highest BCUT2D eigenvalue weighted by molar-refractivity contribution is 5.85. The van der Waals surface area contributed by atoms with Gasteiger partial charge in [-0.1, -0.05) is 0 Å². The van der Waals surface area contributed by atoms with Gasteiger partial charge in [0.1, 0.15) is 0 Å². The van der Waals surface area contributed by atoms with Gasteiger partial charge in [0.2, 0.25) is 11.8 Å². The van der Waals surface area contributed by atoms with Crippen molar-refractivity contribution >= 4 is 24.2 Å². The molecule has 0 radical (unpaired) electrons. The zero-order chi connectivity index (χ0) is 13.0. The van der Waals surface area contributed by atoms with Crippen LogP contribution in [0.5, 0.6) is 0 Å². The summed E-state index contributed by atoms with van der Waals surface area (Å²) in [5, 5.41) is 3.29. The van der Waals surface area contributed by atoms with Crippen LogP contribution in [-0.4, -0.2) is 60.9 Å². The molecule has 0 aromatic carbocycles. The highest BCUT2D eigenvalue weighted by Gasteiger charge is 2.27. The molecule has 6 heteroatoms. The molecule has 2 fully saturated rings. The summed E-state index contributed by atoms with van der Waals surface area (Å²) in [6.07, 6.45) is 2.98. The first-order valence-electron chi connectivity index (χ1n) is 6.93. The molecule has 2 amide bonds. The molecule has 2 saturated heterocycles. The molecule has 19 heavy (non-hydrogen) atoms. The maximum Gasteiger partial charge on any atom is 0.227 e. The first kappa shape index (κ1) is 16.2. The predicted octanol–water partition coefficient (Wildman–Crippen LogP) is 0.489. The summed E-state index contributed by atoms with van der Waals surface area (Å²) < 4.78 is 0. The normalized spacial score (nSPS) is 24.4. The first-order chi connectivity index (χ1) is 8.68. The van der Waals surface area contributed by atoms with Crippen molar-refractivity contribution < 1.29 is 9.59 Å². The van der Waals surface area contributed by atoms with Crippen LogP contribution in [0.25, 0.3) is 0 Å². The van der Waals surface area contributed by atoms with Gasteiger partial charge in [0.05, 0.1) is 5.92 Å². The van der Waals surface area contributed by atoms with E-state index in [1.165, 1.54) is 0 Å². The van der Waals surface area contributed by atoms with E-state index >= 15 is 0 Å². The second-order valence-electron chi connectivity index (χ2n) is 5.23. The second-order valence-corrected chi connectivity index (χ2v) is 5.23. The number of hydrogen-bond donors (Lipinski definition) is 1. The first-order valence-corrected chi connectivity index (χ1v) is 6.93. The number of carbonyl (C=O) groups excluding carboxylic acids is 2. The van der Waals surface area contributed by atoms with Gasteiger partial charge in [-0.3, -0.25) is 9.59 Å². The van der Waals surface area contributed by atoms with Crippen LogP contribution in [0.15, 0.2) is 0 Å². The molecule has 2 aliphatic heterocycles. The summed E-state index contributed by atoms with van der Waals surface area (Å²) in [5.41, 5.74) is 0. The van der Waals surface area contributed by atoms with Gasteiger partial charge < -0.3 is 15.1 Å². The molecule has 5 nitrogen and oxygen atoms in total. The fourth-order valence-corrected chi connectivity index (χ4v) is 2.77. The number of hydrogen-bond acceptors (Lipinski definition) is 3. The number of halogens is 1. The summed E-state index contributed by atoms with van der Waals surface area (Å²) in [6.45, 7) is 6.38. The van der Waals surface area contributed by atoms with Crippen molar-refractivity contribution in [2.45, 2.75) is 26.2 Å². The number of nitrogens with one attached hydrogen (secondary N) is 1. The fraction of sp³-hybridized carbons (Fsp3) is 0.846. The highest BCUT2D eigenvalue weighted by atomic mass is 35.5. The number of piperidine rings is 1. The van der Waals surface area contributed by atoms with Crippen LogP contribution in [0.4, 0.5) is 0 Å². The number of rotatable bonds is 1. The molecule has 2 rings (SSSR count). The van der Waals surface area contributed by atoms with Crippen molar-refractivity contribution in [2.24, 2.45) is 5.92 Å². The van der Waals surface area contributed by atoms with Crippen molar-refractivity contribution in [1.29, 1.82) is 0 Å². The Balaban J connectivity index is 0.00000180. The Morgan fingerprint density at radius 1 is 1.05 bits per heavy atom. The van der Waals surface area contributed by atoms with Crippen molar-refractivity contribution in [2.75, 3.05) is 39.3 Å². The Morgan fingerprint density at radius 3 is 2.37 bits per heavy atom. The fourth-order valence-electron chi connectivity index (χ4n) is 2.77. The Labute approximate surface area is 121 Å². The van der Waals surface area contributed by atoms with E-state index in [1.54, 1.807) is 6.92 Å². The lowest BCUT2D eigenvalue weighted by molar-refractivity contribution is -0.136. The van der Waals surface area contributed by atoms with Crippen molar-refractivity contribution in [3.8, 4) is 0 Å². The van der Waals surface area contributed by atoms with Gasteiger partial charge in [-0.15, -0.1) is 12.4 Å². The average Bonchev–Trinajstić information content (AvgIpc) is 2.64. The van der Waals surface area contributed by atoms with Crippen LogP contribution in [0, 0.1) is 5.92 Å². The van der Waals surface area contributed by atoms with Crippen LogP contribution in [0.3, 0.4) is 0 Å². The van der Waals surface area contributed by atoms with Crippen LogP contribution in [0.1, 0.15) is 26.2 Å². The molecule has 0 unspecified atom stereocenters. The SMILES string of the molecule is CC(=O)N1CCCN(C(=O)[C@@H]2CCCNC2)CC1.Cl. The van der Waals surface area contributed by atoms with E-state index in [-0.39, 0.29) is 30.1 Å². The third kappa shape index (κ3) is 4.35. The minimum absolute atomic E-state index is 0. The Morgan fingerprint density at radius 2 is 1.74 bits per heavy atom. The number of carbonyl (C=O) groups is 2. The van der Waals surface area contributed by atoms with Gasteiger partial charge in [-0.25, -0.2) is 0 Å². The minimum Gasteiger partial charge on any atom is -0.341 e. The second kappa shape index (κ2) is 7.70. The molecular formula is C13H24ClN3O2. The third-order valence-electron chi connectivity index (χ3n) is 3.90. The number of nitrogens with zero attached hydrogens (tertiary/aromatic N) is 2. The van der Waals surface area contributed by atoms with Crippen molar-refractivity contribution in [3.05, 3.63) is 0 Å². The van der Waals surface area contributed by atoms with Crippen LogP contribution in [-0.2, 0) is 9.59 Å². The standard InChI is InChI=1S/C13H23N3O2.ClH/c1-11(17)15-6-3-7-16(9-8-15)13(18)12-4-2-5-14-10-12;/h12,14H,2-10H2,1H3;1H/t12-;/m1./s1. The summed E-state index contributed by atoms with van der Waals surface area (Å²) in [7, 11) is 0. The molecule has 110 valence electrons. The zero-order valence-electron chi connectivity index (χ0n) is 11.6. The molecule has 0 aromatic heterocycles. The average molecular weight is 290 g/mol. The van der Waals surface area contributed by atoms with Crippen LogP contribution >= 0.6 is 12.4 Å². The van der Waals surface area contributed by atoms with E-state index < -0.39 is 0 Å². The van der Waals surface area contributed by atoms with Gasteiger partial charge in [-0.05, 0) is 25.8 Å². The topological polar surface area (TPSA) is 52.7 Å². The summed E-state index contributed by atoms with van der Waals surface area (Å²) >= 11 is 0. The van der Waals surface area contributed by atoms with E-state index in [1.807, 2.05) is 9.80 Å². The van der Waals surface area contributed by atoms with Crippen molar-refractivity contribution in [3.63, 3.8) is 0 Å². The van der Waals surface area contributed by atoms with Crippen LogP contribution in [0.2, 0.25) is 0 Å². The highest BCUT2D eigenvalue weighted by Crippen LogP contribution is 2.15. The summed E-state index contributed by atoms with van der Waals surface area (Å²) in [6, 6.07) is 0. The van der Waals surface area contributed by atoms with Gasteiger partial charge in [-0.2, -0.15) is 0 Å². The van der Waals surface area contributed by atoms with Gasteiger partial charge in [0.15, 0.2) is 0 Å². The van der Waals surface area contributed by atoms with Crippen molar-refractivity contribution in [1.82, 2.24) is 15.1 Å². The molecular weight excluding hydrogens is 266 g/mol. The van der Waals surface area contributed by atoms with E-state index in [2.05, 4.69) is 5.32 Å². The lowest BCUT2D eigenvalue weighted by Gasteiger charge is -2.28. The predicted molar refractivity (Wildman–Crippen MR) is 76.3 cm³/mol. The Hall–Kier alpha value is -0.810. The zero-order valence-corrected chi connectivity index (χ0v) is 12.4. The molecule has 0 spiro atoms. The van der Waals surface area contributed by atoms with Gasteiger partial charge in [0, 0.05) is 39.6 Å². The Kier molecular flexibility index (Phi) is 6.58. The Bertz CT molecular complexity index is 319. The number of amides is 2. The molecule has 1 N–H and O–H groups in total. The molecule has 1 atom stereocenters. The minimum atomic E-state index is 0. The largest absolute Gasteiger partial charge is 0.341 e. The lowest BCUT2D eigenvalue weighted by Crippen LogP contribution is -2.44. The third-order valence-corrected chi connectivity index (χ3v) is 3.90. The van der Waals surface area contributed by atoms with E-state index in [9.17, 15) is 9.59 Å². The smallest absolute Gasteiger partial charge is 0.227 e. The van der Waals surface area contributed by atoms with Crippen LogP contribution < -0.4 is 5.32 Å². The van der Waals surface area contributed by atoms with E-state index in [4.69, 9.17) is 0 Å².